The van der Waals surface area contributed by atoms with Crippen molar-refractivity contribution in [3.8, 4) is 11.3 Å². The average molecular weight is 306 g/mol. The Hall–Kier alpha value is -3.19. The summed E-state index contributed by atoms with van der Waals surface area (Å²) in [6.45, 7) is 0. The van der Waals surface area contributed by atoms with Crippen molar-refractivity contribution >= 4 is 32.3 Å². The van der Waals surface area contributed by atoms with Crippen LogP contribution in [0.3, 0.4) is 0 Å². The Balaban J connectivity index is 1.91. The van der Waals surface area contributed by atoms with E-state index in [9.17, 15) is 0 Å². The molecule has 1 nitrogen and oxygen atoms in total. The van der Waals surface area contributed by atoms with Gasteiger partial charge in [-0.2, -0.15) is 0 Å². The lowest BCUT2D eigenvalue weighted by molar-refractivity contribution is -0.362. The minimum absolute atomic E-state index is 1.18. The molecule has 0 radical (unpaired) electrons. The summed E-state index contributed by atoms with van der Waals surface area (Å²) in [7, 11) is 0. The lowest BCUT2D eigenvalue weighted by Crippen LogP contribution is -2.06. The van der Waals surface area contributed by atoms with Crippen molar-refractivity contribution < 1.29 is 4.98 Å². The number of benzene rings is 4. The Kier molecular flexibility index (Phi) is 2.86. The van der Waals surface area contributed by atoms with Crippen LogP contribution < -0.4 is 4.98 Å². The van der Waals surface area contributed by atoms with Crippen LogP contribution in [0.25, 0.3) is 43.6 Å². The molecule has 0 aliphatic heterocycles. The van der Waals surface area contributed by atoms with Gasteiger partial charge in [-0.25, -0.2) is 4.98 Å². The van der Waals surface area contributed by atoms with E-state index in [-0.39, 0.29) is 0 Å². The Morgan fingerprint density at radius 2 is 1.17 bits per heavy atom. The molecule has 1 N–H and O–H groups in total. The number of hydrogen-bond acceptors (Lipinski definition) is 0. The van der Waals surface area contributed by atoms with Crippen LogP contribution in [0.2, 0.25) is 0 Å². The third-order valence-corrected chi connectivity index (χ3v) is 4.78. The van der Waals surface area contributed by atoms with Crippen LogP contribution >= 0.6 is 0 Å². The van der Waals surface area contributed by atoms with E-state index < -0.39 is 0 Å². The van der Waals surface area contributed by atoms with E-state index in [0.717, 1.165) is 0 Å². The third-order valence-electron chi connectivity index (χ3n) is 4.78. The summed E-state index contributed by atoms with van der Waals surface area (Å²) >= 11 is 0. The number of aromatic amines is 1. The first-order chi connectivity index (χ1) is 11.9. The fourth-order valence-corrected chi connectivity index (χ4v) is 3.65. The molecule has 0 aliphatic rings. The highest BCUT2D eigenvalue weighted by Crippen LogP contribution is 2.33. The van der Waals surface area contributed by atoms with Crippen LogP contribution in [0.1, 0.15) is 0 Å². The summed E-state index contributed by atoms with van der Waals surface area (Å²) in [4.78, 5) is 3.48. The molecule has 1 heteroatoms. The lowest BCUT2D eigenvalue weighted by Gasteiger charge is -2.07. The van der Waals surface area contributed by atoms with Crippen molar-refractivity contribution in [2.75, 3.05) is 0 Å². The van der Waals surface area contributed by atoms with Crippen molar-refractivity contribution in [2.45, 2.75) is 0 Å². The van der Waals surface area contributed by atoms with Crippen LogP contribution in [0, 0.1) is 0 Å². The molecule has 1 heterocycles. The highest BCUT2D eigenvalue weighted by Gasteiger charge is 2.14. The van der Waals surface area contributed by atoms with Gasteiger partial charge in [-0.05, 0) is 33.7 Å². The number of aromatic nitrogens is 1. The lowest BCUT2D eigenvalue weighted by atomic mass is 9.96. The molecule has 24 heavy (non-hydrogen) atoms. The predicted octanol–water partition coefficient (Wildman–Crippen LogP) is 5.63. The Morgan fingerprint density at radius 3 is 2.04 bits per heavy atom. The molecule has 0 bridgehead atoms. The quantitative estimate of drug-likeness (QED) is 0.356. The van der Waals surface area contributed by atoms with Crippen molar-refractivity contribution in [3.63, 3.8) is 0 Å². The zero-order valence-electron chi connectivity index (χ0n) is 13.2. The van der Waals surface area contributed by atoms with Crippen LogP contribution in [0.4, 0.5) is 0 Å². The van der Waals surface area contributed by atoms with Crippen molar-refractivity contribution in [1.29, 1.82) is 0 Å². The Bertz CT molecular complexity index is 1200. The summed E-state index contributed by atoms with van der Waals surface area (Å²) in [5, 5.41) is 7.66. The number of hydrogen-bond donors (Lipinski definition) is 0. The molecule has 0 saturated carbocycles. The second-order valence-electron chi connectivity index (χ2n) is 6.13. The molecule has 0 spiro atoms. The summed E-state index contributed by atoms with van der Waals surface area (Å²) in [6, 6.07) is 30.2. The van der Waals surface area contributed by atoms with Crippen molar-refractivity contribution in [1.82, 2.24) is 0 Å². The highest BCUT2D eigenvalue weighted by atomic mass is 14.7. The Morgan fingerprint density at radius 1 is 0.458 bits per heavy atom. The number of H-pyrrole nitrogens is 1. The topological polar surface area (TPSA) is 14.1 Å². The maximum atomic E-state index is 3.48. The standard InChI is InChI=1S/C23H15N/c1-4-10-19-16(6-1)8-5-11-21(19)23-22-13-12-17-7-2-3-9-18(17)20(22)14-15-24-23/h1-15H/p+1. The molecule has 112 valence electrons. The zero-order chi connectivity index (χ0) is 15.9. The molecule has 1 aromatic heterocycles. The van der Waals surface area contributed by atoms with E-state index in [4.69, 9.17) is 0 Å². The van der Waals surface area contributed by atoms with Gasteiger partial charge in [-0.1, -0.05) is 66.7 Å². The fourth-order valence-electron chi connectivity index (χ4n) is 3.65. The second-order valence-corrected chi connectivity index (χ2v) is 6.13. The second kappa shape index (κ2) is 5.17. The number of pyridine rings is 1. The summed E-state index contributed by atoms with van der Waals surface area (Å²) in [5.74, 6) is 0. The maximum absolute atomic E-state index is 3.48. The zero-order valence-corrected chi connectivity index (χ0v) is 13.2. The molecule has 0 atom stereocenters. The van der Waals surface area contributed by atoms with Crippen molar-refractivity contribution in [3.05, 3.63) is 91.1 Å². The molecule has 0 amide bonds. The fraction of sp³-hybridized carbons (Fsp3) is 0. The van der Waals surface area contributed by atoms with Gasteiger partial charge in [0, 0.05) is 11.5 Å². The van der Waals surface area contributed by atoms with E-state index >= 15 is 0 Å². The Labute approximate surface area is 140 Å². The minimum Gasteiger partial charge on any atom is -0.211 e. The smallest absolute Gasteiger partial charge is 0.211 e. The summed E-state index contributed by atoms with van der Waals surface area (Å²) in [6.07, 6.45) is 2.05. The summed E-state index contributed by atoms with van der Waals surface area (Å²) < 4.78 is 0. The van der Waals surface area contributed by atoms with Crippen LogP contribution in [0.15, 0.2) is 91.1 Å². The van der Waals surface area contributed by atoms with Crippen LogP contribution in [-0.4, -0.2) is 0 Å². The maximum Gasteiger partial charge on any atom is 0.219 e. The van der Waals surface area contributed by atoms with Gasteiger partial charge in [0.15, 0.2) is 6.20 Å². The van der Waals surface area contributed by atoms with Gasteiger partial charge < -0.3 is 0 Å². The average Bonchev–Trinajstić information content (AvgIpc) is 2.67. The predicted molar refractivity (Wildman–Crippen MR) is 101 cm³/mol. The molecule has 5 rings (SSSR count). The van der Waals surface area contributed by atoms with E-state index in [0.29, 0.717) is 0 Å². The van der Waals surface area contributed by atoms with Crippen LogP contribution in [0.5, 0.6) is 0 Å². The van der Waals surface area contributed by atoms with Gasteiger partial charge in [0.1, 0.15) is 0 Å². The van der Waals surface area contributed by atoms with E-state index in [1.807, 2.05) is 6.20 Å². The molecule has 0 aliphatic carbocycles. The molecule has 0 saturated heterocycles. The highest BCUT2D eigenvalue weighted by molar-refractivity contribution is 6.12. The van der Waals surface area contributed by atoms with Gasteiger partial charge in [0.25, 0.3) is 0 Å². The molecular formula is C23H16N+. The third kappa shape index (κ3) is 1.92. The molecule has 0 fully saturated rings. The van der Waals surface area contributed by atoms with Gasteiger partial charge in [0.05, 0.1) is 10.9 Å². The molecular weight excluding hydrogens is 290 g/mol. The SMILES string of the molecule is c1ccc2c(-c3[nH+]ccc4c3ccc3ccccc34)cccc2c1. The van der Waals surface area contributed by atoms with E-state index in [1.54, 1.807) is 0 Å². The van der Waals surface area contributed by atoms with Crippen LogP contribution in [-0.2, 0) is 0 Å². The van der Waals surface area contributed by atoms with Crippen molar-refractivity contribution in [2.24, 2.45) is 0 Å². The van der Waals surface area contributed by atoms with E-state index in [1.165, 1.54) is 43.6 Å². The number of rotatable bonds is 1. The van der Waals surface area contributed by atoms with E-state index in [2.05, 4.69) is 89.9 Å². The van der Waals surface area contributed by atoms with Gasteiger partial charge >= 0.3 is 0 Å². The van der Waals surface area contributed by atoms with Gasteiger partial charge in [0.2, 0.25) is 5.69 Å². The molecule has 0 unspecified atom stereocenters. The van der Waals surface area contributed by atoms with Gasteiger partial charge in [-0.15, -0.1) is 0 Å². The first kappa shape index (κ1) is 13.3. The first-order valence-electron chi connectivity index (χ1n) is 8.22. The van der Waals surface area contributed by atoms with Gasteiger partial charge in [-0.3, -0.25) is 0 Å². The normalized spacial score (nSPS) is 11.3. The largest absolute Gasteiger partial charge is 0.219 e. The molecule has 5 aromatic rings. The number of fused-ring (bicyclic) bond motifs is 4. The monoisotopic (exact) mass is 306 g/mol. The number of nitrogens with one attached hydrogen (secondary N) is 1. The first-order valence-corrected chi connectivity index (χ1v) is 8.22. The minimum atomic E-state index is 1.18. The molecule has 4 aromatic carbocycles. The summed E-state index contributed by atoms with van der Waals surface area (Å²) in [5.41, 5.74) is 2.42.